The summed E-state index contributed by atoms with van der Waals surface area (Å²) in [4.78, 5) is 15.8. The molecule has 0 bridgehead atoms. The molecule has 0 spiro atoms. The van der Waals surface area contributed by atoms with Gasteiger partial charge in [-0.1, -0.05) is 60.7 Å². The lowest BCUT2D eigenvalue weighted by molar-refractivity contribution is 0.0935. The van der Waals surface area contributed by atoms with Crippen LogP contribution in [0.5, 0.6) is 5.75 Å². The molecular formula is C24H22N2O2. The zero-order valence-corrected chi connectivity index (χ0v) is 15.7. The number of amides is 1. The molecule has 4 heteroatoms. The molecule has 1 amide bonds. The van der Waals surface area contributed by atoms with Gasteiger partial charge in [-0.25, -0.2) is 0 Å². The second-order valence-corrected chi connectivity index (χ2v) is 6.81. The molecule has 0 aliphatic carbocycles. The van der Waals surface area contributed by atoms with Crippen LogP contribution in [0.4, 0.5) is 0 Å². The van der Waals surface area contributed by atoms with Crippen LogP contribution in [-0.4, -0.2) is 10.9 Å². The van der Waals surface area contributed by atoms with Gasteiger partial charge in [-0.3, -0.25) is 4.79 Å². The summed E-state index contributed by atoms with van der Waals surface area (Å²) in [7, 11) is 0. The van der Waals surface area contributed by atoms with E-state index in [1.807, 2.05) is 91.9 Å². The number of H-pyrrole nitrogens is 1. The van der Waals surface area contributed by atoms with Gasteiger partial charge in [0.05, 0.1) is 6.04 Å². The van der Waals surface area contributed by atoms with Gasteiger partial charge in [-0.2, -0.15) is 0 Å². The van der Waals surface area contributed by atoms with Gasteiger partial charge >= 0.3 is 0 Å². The predicted octanol–water partition coefficient (Wildman–Crippen LogP) is 5.24. The number of carbonyl (C=O) groups is 1. The van der Waals surface area contributed by atoms with Crippen molar-refractivity contribution in [1.82, 2.24) is 10.3 Å². The SMILES string of the molecule is CC(NC(=O)c1cc2ccc(OCc3ccccc3)cc2[nH]1)c1ccccc1. The average molecular weight is 370 g/mol. The fraction of sp³-hybridized carbons (Fsp3) is 0.125. The van der Waals surface area contributed by atoms with Crippen molar-refractivity contribution in [3.8, 4) is 5.75 Å². The molecule has 0 aliphatic rings. The minimum atomic E-state index is -0.126. The van der Waals surface area contributed by atoms with E-state index in [9.17, 15) is 4.79 Å². The molecule has 1 atom stereocenters. The monoisotopic (exact) mass is 370 g/mol. The lowest BCUT2D eigenvalue weighted by Crippen LogP contribution is -2.26. The summed E-state index contributed by atoms with van der Waals surface area (Å²) < 4.78 is 5.87. The van der Waals surface area contributed by atoms with Crippen LogP contribution >= 0.6 is 0 Å². The molecule has 4 rings (SSSR count). The Morgan fingerprint density at radius 3 is 2.43 bits per heavy atom. The molecule has 2 N–H and O–H groups in total. The largest absolute Gasteiger partial charge is 0.489 e. The molecule has 0 saturated heterocycles. The zero-order chi connectivity index (χ0) is 19.3. The van der Waals surface area contributed by atoms with E-state index in [4.69, 9.17) is 4.74 Å². The maximum atomic E-state index is 12.6. The number of benzene rings is 3. The molecule has 4 aromatic rings. The van der Waals surface area contributed by atoms with Gasteiger partial charge in [0.2, 0.25) is 0 Å². The molecule has 0 aliphatic heterocycles. The van der Waals surface area contributed by atoms with Crippen molar-refractivity contribution in [3.63, 3.8) is 0 Å². The van der Waals surface area contributed by atoms with Crippen LogP contribution in [0.1, 0.15) is 34.6 Å². The first-order chi connectivity index (χ1) is 13.7. The van der Waals surface area contributed by atoms with Crippen LogP contribution in [0.2, 0.25) is 0 Å². The Bertz CT molecular complexity index is 1070. The fourth-order valence-electron chi connectivity index (χ4n) is 3.16. The fourth-order valence-corrected chi connectivity index (χ4v) is 3.16. The van der Waals surface area contributed by atoms with Crippen molar-refractivity contribution in [3.05, 3.63) is 102 Å². The Hall–Kier alpha value is -3.53. The van der Waals surface area contributed by atoms with Crippen LogP contribution in [0.15, 0.2) is 84.9 Å². The summed E-state index contributed by atoms with van der Waals surface area (Å²) in [6.07, 6.45) is 0. The Morgan fingerprint density at radius 2 is 1.68 bits per heavy atom. The van der Waals surface area contributed by atoms with Gasteiger partial charge in [0.1, 0.15) is 18.1 Å². The van der Waals surface area contributed by atoms with Crippen LogP contribution in [0.3, 0.4) is 0 Å². The van der Waals surface area contributed by atoms with Gasteiger partial charge in [0.25, 0.3) is 5.91 Å². The first-order valence-electron chi connectivity index (χ1n) is 9.34. The van der Waals surface area contributed by atoms with Gasteiger partial charge < -0.3 is 15.0 Å². The molecule has 1 heterocycles. The van der Waals surface area contributed by atoms with E-state index in [0.717, 1.165) is 27.8 Å². The van der Waals surface area contributed by atoms with Gasteiger partial charge in [0, 0.05) is 17.0 Å². The lowest BCUT2D eigenvalue weighted by Gasteiger charge is -2.13. The summed E-state index contributed by atoms with van der Waals surface area (Å²) in [5.74, 6) is 0.641. The number of carbonyl (C=O) groups excluding carboxylic acids is 1. The van der Waals surface area contributed by atoms with E-state index >= 15 is 0 Å². The van der Waals surface area contributed by atoms with Gasteiger partial charge in [0.15, 0.2) is 0 Å². The number of hydrogen-bond donors (Lipinski definition) is 2. The molecule has 140 valence electrons. The maximum Gasteiger partial charge on any atom is 0.268 e. The Kier molecular flexibility index (Phi) is 5.11. The third kappa shape index (κ3) is 4.07. The van der Waals surface area contributed by atoms with Crippen molar-refractivity contribution in [1.29, 1.82) is 0 Å². The Morgan fingerprint density at radius 1 is 0.964 bits per heavy atom. The molecule has 1 unspecified atom stereocenters. The third-order valence-corrected chi connectivity index (χ3v) is 4.73. The number of rotatable bonds is 6. The number of hydrogen-bond acceptors (Lipinski definition) is 2. The number of ether oxygens (including phenoxy) is 1. The van der Waals surface area contributed by atoms with E-state index in [1.54, 1.807) is 0 Å². The smallest absolute Gasteiger partial charge is 0.268 e. The van der Waals surface area contributed by atoms with E-state index < -0.39 is 0 Å². The predicted molar refractivity (Wildman–Crippen MR) is 111 cm³/mol. The maximum absolute atomic E-state index is 12.6. The summed E-state index contributed by atoms with van der Waals surface area (Å²) in [6.45, 7) is 2.49. The lowest BCUT2D eigenvalue weighted by atomic mass is 10.1. The molecular weight excluding hydrogens is 348 g/mol. The summed E-state index contributed by atoms with van der Waals surface area (Å²) in [5.41, 5.74) is 3.61. The first kappa shape index (κ1) is 17.9. The average Bonchev–Trinajstić information content (AvgIpc) is 3.17. The van der Waals surface area contributed by atoms with E-state index in [1.165, 1.54) is 0 Å². The minimum absolute atomic E-state index is 0.0649. The standard InChI is InChI=1S/C24H22N2O2/c1-17(19-10-6-3-7-11-19)25-24(27)23-14-20-12-13-21(15-22(20)26-23)28-16-18-8-4-2-5-9-18/h2-15,17,26H,16H2,1H3,(H,25,27). The Labute approximate surface area is 164 Å². The highest BCUT2D eigenvalue weighted by Crippen LogP contribution is 2.23. The van der Waals surface area contributed by atoms with Crippen LogP contribution in [0, 0.1) is 0 Å². The van der Waals surface area contributed by atoms with E-state index in [0.29, 0.717) is 12.3 Å². The second kappa shape index (κ2) is 8.01. The van der Waals surface area contributed by atoms with Gasteiger partial charge in [-0.05, 0) is 36.2 Å². The highest BCUT2D eigenvalue weighted by atomic mass is 16.5. The zero-order valence-electron chi connectivity index (χ0n) is 15.7. The molecule has 0 saturated carbocycles. The molecule has 0 fully saturated rings. The molecule has 1 aromatic heterocycles. The number of aromatic nitrogens is 1. The highest BCUT2D eigenvalue weighted by molar-refractivity contribution is 5.98. The van der Waals surface area contributed by atoms with Crippen molar-refractivity contribution >= 4 is 16.8 Å². The highest BCUT2D eigenvalue weighted by Gasteiger charge is 2.14. The van der Waals surface area contributed by atoms with Crippen molar-refractivity contribution < 1.29 is 9.53 Å². The third-order valence-electron chi connectivity index (χ3n) is 4.73. The topological polar surface area (TPSA) is 54.1 Å². The molecule has 3 aromatic carbocycles. The van der Waals surface area contributed by atoms with Crippen LogP contribution in [0.25, 0.3) is 10.9 Å². The first-order valence-corrected chi connectivity index (χ1v) is 9.34. The van der Waals surface area contributed by atoms with E-state index in [2.05, 4.69) is 10.3 Å². The van der Waals surface area contributed by atoms with Crippen LogP contribution in [-0.2, 0) is 6.61 Å². The van der Waals surface area contributed by atoms with Crippen LogP contribution < -0.4 is 10.1 Å². The van der Waals surface area contributed by atoms with Crippen molar-refractivity contribution in [2.24, 2.45) is 0 Å². The van der Waals surface area contributed by atoms with Crippen molar-refractivity contribution in [2.45, 2.75) is 19.6 Å². The molecule has 28 heavy (non-hydrogen) atoms. The quantitative estimate of drug-likeness (QED) is 0.488. The second-order valence-electron chi connectivity index (χ2n) is 6.81. The molecule has 4 nitrogen and oxygen atoms in total. The minimum Gasteiger partial charge on any atom is -0.489 e. The van der Waals surface area contributed by atoms with Crippen molar-refractivity contribution in [2.75, 3.05) is 0 Å². The number of nitrogens with one attached hydrogen (secondary N) is 2. The number of fused-ring (bicyclic) bond motifs is 1. The summed E-state index contributed by atoms with van der Waals surface area (Å²) in [5, 5.41) is 4.01. The van der Waals surface area contributed by atoms with Gasteiger partial charge in [-0.15, -0.1) is 0 Å². The normalized spacial score (nSPS) is 11.9. The number of aromatic amines is 1. The molecule has 0 radical (unpaired) electrons. The summed E-state index contributed by atoms with van der Waals surface area (Å²) in [6, 6.07) is 27.6. The Balaban J connectivity index is 1.46. The van der Waals surface area contributed by atoms with E-state index in [-0.39, 0.29) is 11.9 Å². The summed E-state index contributed by atoms with van der Waals surface area (Å²) >= 11 is 0.